The Hall–Kier alpha value is -0.870. The highest BCUT2D eigenvalue weighted by molar-refractivity contribution is 5.69. The Morgan fingerprint density at radius 1 is 1.11 bits per heavy atom. The van der Waals surface area contributed by atoms with Crippen molar-refractivity contribution in [2.45, 2.75) is 96.7 Å². The summed E-state index contributed by atoms with van der Waals surface area (Å²) < 4.78 is 16.9. The van der Waals surface area contributed by atoms with E-state index in [1.165, 1.54) is 45.6 Å². The first-order valence-electron chi connectivity index (χ1n) is 11.6. The van der Waals surface area contributed by atoms with Gasteiger partial charge in [-0.25, -0.2) is 0 Å². The fourth-order valence-corrected chi connectivity index (χ4v) is 4.98. The highest BCUT2D eigenvalue weighted by atomic mass is 16.7. The minimum Gasteiger partial charge on any atom is -0.469 e. The van der Waals surface area contributed by atoms with Gasteiger partial charge in [-0.15, -0.1) is 0 Å². The van der Waals surface area contributed by atoms with Crippen LogP contribution in [0.15, 0.2) is 12.2 Å². The van der Waals surface area contributed by atoms with Gasteiger partial charge in [0.15, 0.2) is 5.79 Å². The summed E-state index contributed by atoms with van der Waals surface area (Å²) >= 11 is 0. The zero-order valence-electron chi connectivity index (χ0n) is 18.4. The second-order valence-electron chi connectivity index (χ2n) is 8.76. The van der Waals surface area contributed by atoms with Crippen LogP contribution in [0.5, 0.6) is 0 Å². The average Bonchev–Trinajstić information content (AvgIpc) is 3.30. The molecule has 1 aliphatic heterocycles. The minimum absolute atomic E-state index is 0.109. The largest absolute Gasteiger partial charge is 0.469 e. The molecule has 162 valence electrons. The fourth-order valence-electron chi connectivity index (χ4n) is 4.98. The van der Waals surface area contributed by atoms with E-state index in [1.54, 1.807) is 0 Å². The summed E-state index contributed by atoms with van der Waals surface area (Å²) in [7, 11) is 1.45. The second kappa shape index (κ2) is 12.6. The van der Waals surface area contributed by atoms with E-state index in [1.807, 2.05) is 0 Å². The Balaban J connectivity index is 1.76. The SMILES string of the molecule is CCCCCC1(CC[C@H]2C(C)CCC2C/C=C\CCCC(=O)OC)OCCO1. The van der Waals surface area contributed by atoms with Crippen molar-refractivity contribution in [2.75, 3.05) is 20.3 Å². The van der Waals surface area contributed by atoms with Gasteiger partial charge in [-0.1, -0.05) is 45.3 Å². The molecule has 4 heteroatoms. The molecule has 1 heterocycles. The van der Waals surface area contributed by atoms with Crippen molar-refractivity contribution in [3.8, 4) is 0 Å². The van der Waals surface area contributed by atoms with Crippen LogP contribution in [-0.4, -0.2) is 32.1 Å². The van der Waals surface area contributed by atoms with Crippen molar-refractivity contribution in [1.29, 1.82) is 0 Å². The first-order chi connectivity index (χ1) is 13.6. The first-order valence-corrected chi connectivity index (χ1v) is 11.6. The summed E-state index contributed by atoms with van der Waals surface area (Å²) in [5, 5.41) is 0. The summed E-state index contributed by atoms with van der Waals surface area (Å²) in [6.07, 6.45) is 17.8. The van der Waals surface area contributed by atoms with Crippen LogP contribution >= 0.6 is 0 Å². The van der Waals surface area contributed by atoms with Crippen molar-refractivity contribution in [2.24, 2.45) is 17.8 Å². The molecule has 0 bridgehead atoms. The average molecular weight is 395 g/mol. The number of hydrogen-bond acceptors (Lipinski definition) is 4. The zero-order chi connectivity index (χ0) is 20.2. The normalized spacial score (nSPS) is 26.9. The molecule has 3 atom stereocenters. The minimum atomic E-state index is -0.300. The van der Waals surface area contributed by atoms with Crippen LogP contribution in [0, 0.1) is 17.8 Å². The van der Waals surface area contributed by atoms with Crippen molar-refractivity contribution in [1.82, 2.24) is 0 Å². The number of allylic oxidation sites excluding steroid dienone is 2. The number of rotatable bonds is 13. The van der Waals surface area contributed by atoms with Crippen LogP contribution in [0.4, 0.5) is 0 Å². The van der Waals surface area contributed by atoms with Gasteiger partial charge in [0.1, 0.15) is 0 Å². The van der Waals surface area contributed by atoms with Gasteiger partial charge in [0.2, 0.25) is 0 Å². The van der Waals surface area contributed by atoms with Crippen LogP contribution in [0.25, 0.3) is 0 Å². The molecule has 0 aromatic carbocycles. The van der Waals surface area contributed by atoms with Crippen LogP contribution in [0.2, 0.25) is 0 Å². The molecular weight excluding hydrogens is 352 g/mol. The quantitative estimate of drug-likeness (QED) is 0.217. The number of methoxy groups -OCH3 is 1. The molecule has 2 unspecified atom stereocenters. The maximum Gasteiger partial charge on any atom is 0.305 e. The fraction of sp³-hybridized carbons (Fsp3) is 0.875. The Kier molecular flexibility index (Phi) is 10.6. The smallest absolute Gasteiger partial charge is 0.305 e. The Morgan fingerprint density at radius 3 is 2.61 bits per heavy atom. The predicted octanol–water partition coefficient (Wildman–Crippen LogP) is 6.04. The topological polar surface area (TPSA) is 44.8 Å². The molecule has 0 aromatic heterocycles. The second-order valence-corrected chi connectivity index (χ2v) is 8.76. The van der Waals surface area contributed by atoms with Crippen molar-refractivity contribution in [3.05, 3.63) is 12.2 Å². The molecule has 2 aliphatic rings. The Labute approximate surface area is 172 Å². The number of carbonyl (C=O) groups is 1. The lowest BCUT2D eigenvalue weighted by molar-refractivity contribution is -0.171. The predicted molar refractivity (Wildman–Crippen MR) is 113 cm³/mol. The van der Waals surface area contributed by atoms with E-state index in [4.69, 9.17) is 9.47 Å². The highest BCUT2D eigenvalue weighted by Crippen LogP contribution is 2.44. The number of carbonyl (C=O) groups excluding carboxylic acids is 1. The van der Waals surface area contributed by atoms with Crippen LogP contribution in [-0.2, 0) is 19.0 Å². The third kappa shape index (κ3) is 7.51. The summed E-state index contributed by atoms with van der Waals surface area (Å²) in [4.78, 5) is 11.2. The molecule has 0 N–H and O–H groups in total. The van der Waals surface area contributed by atoms with Gasteiger partial charge in [0, 0.05) is 19.3 Å². The number of ether oxygens (including phenoxy) is 3. The lowest BCUT2D eigenvalue weighted by Crippen LogP contribution is -2.31. The number of unbranched alkanes of at least 4 members (excludes halogenated alkanes) is 3. The molecule has 0 aromatic rings. The lowest BCUT2D eigenvalue weighted by atomic mass is 9.82. The van der Waals surface area contributed by atoms with Gasteiger partial charge in [-0.2, -0.15) is 0 Å². The van der Waals surface area contributed by atoms with Crippen LogP contribution in [0.3, 0.4) is 0 Å². The lowest BCUT2D eigenvalue weighted by Gasteiger charge is -2.31. The molecule has 0 spiro atoms. The van der Waals surface area contributed by atoms with Crippen LogP contribution < -0.4 is 0 Å². The van der Waals surface area contributed by atoms with Gasteiger partial charge >= 0.3 is 5.97 Å². The summed E-state index contributed by atoms with van der Waals surface area (Å²) in [5.41, 5.74) is 0. The van der Waals surface area contributed by atoms with E-state index in [-0.39, 0.29) is 11.8 Å². The molecule has 0 radical (unpaired) electrons. The van der Waals surface area contributed by atoms with Gasteiger partial charge in [-0.05, 0) is 56.3 Å². The molecule has 1 aliphatic carbocycles. The van der Waals surface area contributed by atoms with E-state index in [0.29, 0.717) is 6.42 Å². The number of esters is 1. The molecule has 1 saturated carbocycles. The van der Waals surface area contributed by atoms with E-state index >= 15 is 0 Å². The third-order valence-electron chi connectivity index (χ3n) is 6.75. The molecule has 0 amide bonds. The Bertz CT molecular complexity index is 467. The van der Waals surface area contributed by atoms with E-state index in [9.17, 15) is 4.79 Å². The van der Waals surface area contributed by atoms with Crippen molar-refractivity contribution >= 4 is 5.97 Å². The van der Waals surface area contributed by atoms with Gasteiger partial charge in [0.25, 0.3) is 0 Å². The maximum absolute atomic E-state index is 11.2. The summed E-state index contributed by atoms with van der Waals surface area (Å²) in [5.74, 6) is 1.94. The van der Waals surface area contributed by atoms with Crippen molar-refractivity contribution < 1.29 is 19.0 Å². The molecule has 4 nitrogen and oxygen atoms in total. The maximum atomic E-state index is 11.2. The van der Waals surface area contributed by atoms with E-state index in [2.05, 4.69) is 30.7 Å². The molecule has 28 heavy (non-hydrogen) atoms. The van der Waals surface area contributed by atoms with Crippen molar-refractivity contribution in [3.63, 3.8) is 0 Å². The third-order valence-corrected chi connectivity index (χ3v) is 6.75. The monoisotopic (exact) mass is 394 g/mol. The molecular formula is C24H42O4. The first kappa shape index (κ1) is 23.4. The summed E-state index contributed by atoms with van der Waals surface area (Å²) in [6.45, 7) is 6.18. The van der Waals surface area contributed by atoms with Gasteiger partial charge < -0.3 is 14.2 Å². The molecule has 2 fully saturated rings. The zero-order valence-corrected chi connectivity index (χ0v) is 18.4. The van der Waals surface area contributed by atoms with E-state index < -0.39 is 0 Å². The van der Waals surface area contributed by atoms with Crippen LogP contribution in [0.1, 0.15) is 90.9 Å². The van der Waals surface area contributed by atoms with Gasteiger partial charge in [0.05, 0.1) is 20.3 Å². The highest BCUT2D eigenvalue weighted by Gasteiger charge is 2.39. The molecule has 1 saturated heterocycles. The summed E-state index contributed by atoms with van der Waals surface area (Å²) in [6, 6.07) is 0. The Morgan fingerprint density at radius 2 is 1.89 bits per heavy atom. The molecule has 2 rings (SSSR count). The van der Waals surface area contributed by atoms with Gasteiger partial charge in [-0.3, -0.25) is 4.79 Å². The number of hydrogen-bond donors (Lipinski definition) is 0. The standard InChI is InChI=1S/C24H42O4/c1-4-5-10-16-24(27-18-19-28-24)17-15-22-20(2)13-14-21(22)11-8-6-7-9-12-23(25)26-3/h6,8,20-22H,4-5,7,9-19H2,1-3H3/b8-6-/t20?,21?,22-/m0/s1. The van der Waals surface area contributed by atoms with E-state index in [0.717, 1.165) is 63.1 Å².